The van der Waals surface area contributed by atoms with Crippen molar-refractivity contribution in [1.29, 1.82) is 0 Å². The summed E-state index contributed by atoms with van der Waals surface area (Å²) < 4.78 is 0.778. The van der Waals surface area contributed by atoms with Crippen molar-refractivity contribution in [3.8, 4) is 5.75 Å². The third-order valence-corrected chi connectivity index (χ3v) is 4.62. The molecule has 2 fully saturated rings. The zero-order valence-corrected chi connectivity index (χ0v) is 12.2. The quantitative estimate of drug-likeness (QED) is 0.830. The van der Waals surface area contributed by atoms with Crippen LogP contribution < -0.4 is 5.32 Å². The van der Waals surface area contributed by atoms with Gasteiger partial charge in [0.1, 0.15) is 5.75 Å². The van der Waals surface area contributed by atoms with E-state index in [0.717, 1.165) is 30.5 Å². The lowest BCUT2D eigenvalue weighted by atomic mass is 9.91. The van der Waals surface area contributed by atoms with Crippen LogP contribution in [0.5, 0.6) is 5.75 Å². The van der Waals surface area contributed by atoms with E-state index in [1.165, 1.54) is 6.42 Å². The third kappa shape index (κ3) is 2.37. The SMILES string of the molecule is O=C(c1ccc(Br)cc1O)N1CCCC2CNCC21. The highest BCUT2D eigenvalue weighted by atomic mass is 79.9. The van der Waals surface area contributed by atoms with Crippen LogP contribution in [0.2, 0.25) is 0 Å². The van der Waals surface area contributed by atoms with Crippen LogP contribution in [0.15, 0.2) is 22.7 Å². The maximum absolute atomic E-state index is 12.6. The smallest absolute Gasteiger partial charge is 0.257 e. The Hall–Kier alpha value is -1.07. The van der Waals surface area contributed by atoms with Gasteiger partial charge in [-0.2, -0.15) is 0 Å². The zero-order chi connectivity index (χ0) is 13.4. The van der Waals surface area contributed by atoms with Crippen molar-refractivity contribution in [3.63, 3.8) is 0 Å². The lowest BCUT2D eigenvalue weighted by Crippen LogP contribution is -2.48. The molecule has 2 aliphatic heterocycles. The number of benzene rings is 1. The molecule has 1 aromatic carbocycles. The van der Waals surface area contributed by atoms with Gasteiger partial charge >= 0.3 is 0 Å². The lowest BCUT2D eigenvalue weighted by Gasteiger charge is -2.37. The highest BCUT2D eigenvalue weighted by Crippen LogP contribution is 2.30. The van der Waals surface area contributed by atoms with E-state index in [1.54, 1.807) is 18.2 Å². The average Bonchev–Trinajstić information content (AvgIpc) is 2.86. The zero-order valence-electron chi connectivity index (χ0n) is 10.6. The molecule has 4 nitrogen and oxygen atoms in total. The number of hydrogen-bond acceptors (Lipinski definition) is 3. The molecule has 0 radical (unpaired) electrons. The molecule has 0 bridgehead atoms. The Kier molecular flexibility index (Phi) is 3.50. The molecule has 0 saturated carbocycles. The third-order valence-electron chi connectivity index (χ3n) is 4.13. The van der Waals surface area contributed by atoms with Crippen LogP contribution in [0.25, 0.3) is 0 Å². The van der Waals surface area contributed by atoms with Crippen molar-refractivity contribution in [3.05, 3.63) is 28.2 Å². The van der Waals surface area contributed by atoms with E-state index in [-0.39, 0.29) is 17.7 Å². The standard InChI is InChI=1S/C14H17BrN2O2/c15-10-3-4-11(13(18)6-10)14(19)17-5-1-2-9-7-16-8-12(9)17/h3-4,6,9,12,16,18H,1-2,5,7-8H2. The number of fused-ring (bicyclic) bond motifs is 1. The Morgan fingerprint density at radius 1 is 1.42 bits per heavy atom. The summed E-state index contributed by atoms with van der Waals surface area (Å²) in [5.74, 6) is 0.561. The molecule has 0 aliphatic carbocycles. The van der Waals surface area contributed by atoms with Crippen molar-refractivity contribution < 1.29 is 9.90 Å². The Morgan fingerprint density at radius 3 is 3.05 bits per heavy atom. The molecule has 2 aliphatic rings. The van der Waals surface area contributed by atoms with Crippen LogP contribution in [0.4, 0.5) is 0 Å². The minimum atomic E-state index is -0.0524. The molecule has 3 rings (SSSR count). The molecule has 0 spiro atoms. The summed E-state index contributed by atoms with van der Waals surface area (Å²) in [4.78, 5) is 14.5. The fraction of sp³-hybridized carbons (Fsp3) is 0.500. The Labute approximate surface area is 120 Å². The number of piperidine rings is 1. The van der Waals surface area contributed by atoms with E-state index >= 15 is 0 Å². The van der Waals surface area contributed by atoms with E-state index in [2.05, 4.69) is 21.2 Å². The van der Waals surface area contributed by atoms with Gasteiger partial charge in [-0.25, -0.2) is 0 Å². The summed E-state index contributed by atoms with van der Waals surface area (Å²) >= 11 is 3.29. The van der Waals surface area contributed by atoms with E-state index in [4.69, 9.17) is 0 Å². The van der Waals surface area contributed by atoms with E-state index in [0.29, 0.717) is 11.5 Å². The number of carbonyl (C=O) groups is 1. The molecule has 1 aromatic rings. The van der Waals surface area contributed by atoms with Gasteiger partial charge in [0, 0.05) is 30.1 Å². The van der Waals surface area contributed by atoms with Gasteiger partial charge in [0.15, 0.2) is 0 Å². The molecule has 102 valence electrons. The molecule has 5 heteroatoms. The summed E-state index contributed by atoms with van der Waals surface area (Å²) in [5.41, 5.74) is 0.399. The van der Waals surface area contributed by atoms with Gasteiger partial charge in [0.25, 0.3) is 5.91 Å². The molecule has 2 unspecified atom stereocenters. The predicted molar refractivity (Wildman–Crippen MR) is 76.2 cm³/mol. The summed E-state index contributed by atoms with van der Waals surface area (Å²) in [5, 5.41) is 13.3. The first-order chi connectivity index (χ1) is 9.16. The molecule has 2 atom stereocenters. The molecule has 2 N–H and O–H groups in total. The second-order valence-electron chi connectivity index (χ2n) is 5.29. The molecule has 0 aromatic heterocycles. The summed E-state index contributed by atoms with van der Waals surface area (Å²) in [7, 11) is 0. The number of aromatic hydroxyl groups is 1. The monoisotopic (exact) mass is 324 g/mol. The molecule has 19 heavy (non-hydrogen) atoms. The number of carbonyl (C=O) groups excluding carboxylic acids is 1. The Balaban J connectivity index is 1.86. The predicted octanol–water partition coefficient (Wildman–Crippen LogP) is 1.98. The van der Waals surface area contributed by atoms with E-state index in [1.807, 2.05) is 4.90 Å². The second-order valence-corrected chi connectivity index (χ2v) is 6.20. The van der Waals surface area contributed by atoms with Gasteiger partial charge in [0.05, 0.1) is 5.56 Å². The molecular weight excluding hydrogens is 308 g/mol. The van der Waals surface area contributed by atoms with Gasteiger partial charge in [-0.3, -0.25) is 4.79 Å². The number of nitrogens with one attached hydrogen (secondary N) is 1. The van der Waals surface area contributed by atoms with Crippen LogP contribution in [-0.2, 0) is 0 Å². The molecule has 2 heterocycles. The first-order valence-electron chi connectivity index (χ1n) is 6.67. The first kappa shape index (κ1) is 12.9. The fourth-order valence-electron chi connectivity index (χ4n) is 3.16. The van der Waals surface area contributed by atoms with Crippen molar-refractivity contribution >= 4 is 21.8 Å². The fourth-order valence-corrected chi connectivity index (χ4v) is 3.51. The van der Waals surface area contributed by atoms with Gasteiger partial charge in [-0.15, -0.1) is 0 Å². The number of hydrogen-bond donors (Lipinski definition) is 2. The number of rotatable bonds is 1. The summed E-state index contributed by atoms with van der Waals surface area (Å²) in [6, 6.07) is 5.33. The largest absolute Gasteiger partial charge is 0.507 e. The number of amides is 1. The van der Waals surface area contributed by atoms with E-state index < -0.39 is 0 Å². The molecular formula is C14H17BrN2O2. The van der Waals surface area contributed by atoms with Gasteiger partial charge < -0.3 is 15.3 Å². The van der Waals surface area contributed by atoms with Crippen LogP contribution in [0, 0.1) is 5.92 Å². The highest BCUT2D eigenvalue weighted by Gasteiger charge is 2.38. The minimum Gasteiger partial charge on any atom is -0.507 e. The van der Waals surface area contributed by atoms with Crippen molar-refractivity contribution in [2.45, 2.75) is 18.9 Å². The van der Waals surface area contributed by atoms with E-state index in [9.17, 15) is 9.90 Å². The Morgan fingerprint density at radius 2 is 2.26 bits per heavy atom. The van der Waals surface area contributed by atoms with Crippen LogP contribution in [0.1, 0.15) is 23.2 Å². The Bertz CT molecular complexity index is 506. The van der Waals surface area contributed by atoms with Crippen LogP contribution in [0.3, 0.4) is 0 Å². The first-order valence-corrected chi connectivity index (χ1v) is 7.46. The van der Waals surface area contributed by atoms with Crippen molar-refractivity contribution in [2.24, 2.45) is 5.92 Å². The summed E-state index contributed by atoms with van der Waals surface area (Å²) in [6.45, 7) is 2.66. The number of nitrogens with zero attached hydrogens (tertiary/aromatic N) is 1. The molecule has 2 saturated heterocycles. The topological polar surface area (TPSA) is 52.6 Å². The maximum Gasteiger partial charge on any atom is 0.257 e. The second kappa shape index (κ2) is 5.13. The highest BCUT2D eigenvalue weighted by molar-refractivity contribution is 9.10. The minimum absolute atomic E-state index is 0.0486. The maximum atomic E-state index is 12.6. The number of halogens is 1. The van der Waals surface area contributed by atoms with Gasteiger partial charge in [-0.05, 0) is 37.0 Å². The number of phenolic OH excluding ortho intramolecular Hbond substituents is 1. The normalized spacial score (nSPS) is 26.3. The number of likely N-dealkylation sites (tertiary alicyclic amines) is 1. The van der Waals surface area contributed by atoms with Gasteiger partial charge in [0.2, 0.25) is 0 Å². The lowest BCUT2D eigenvalue weighted by molar-refractivity contribution is 0.0572. The van der Waals surface area contributed by atoms with Crippen LogP contribution >= 0.6 is 15.9 Å². The van der Waals surface area contributed by atoms with Crippen LogP contribution in [-0.4, -0.2) is 41.6 Å². The average molecular weight is 325 g/mol. The van der Waals surface area contributed by atoms with Crippen molar-refractivity contribution in [1.82, 2.24) is 10.2 Å². The summed E-state index contributed by atoms with van der Waals surface area (Å²) in [6.07, 6.45) is 2.24. The molecule has 1 amide bonds. The number of phenols is 1. The van der Waals surface area contributed by atoms with Gasteiger partial charge in [-0.1, -0.05) is 15.9 Å². The van der Waals surface area contributed by atoms with Crippen molar-refractivity contribution in [2.75, 3.05) is 19.6 Å².